The highest BCUT2D eigenvalue weighted by molar-refractivity contribution is 7.46. The first-order chi connectivity index (χ1) is 11.6. The van der Waals surface area contributed by atoms with Gasteiger partial charge in [-0.3, -0.25) is 19.1 Å². The Labute approximate surface area is 137 Å². The van der Waals surface area contributed by atoms with Crippen molar-refractivity contribution in [2.75, 3.05) is 12.3 Å². The van der Waals surface area contributed by atoms with Crippen molar-refractivity contribution < 1.29 is 39.0 Å². The van der Waals surface area contributed by atoms with Crippen LogP contribution in [0, 0.1) is 0 Å². The van der Waals surface area contributed by atoms with Gasteiger partial charge in [0.05, 0.1) is 12.9 Å². The Bertz CT molecular complexity index is 906. The minimum atomic E-state index is -5.08. The van der Waals surface area contributed by atoms with Crippen molar-refractivity contribution in [2.45, 2.75) is 24.5 Å². The summed E-state index contributed by atoms with van der Waals surface area (Å²) in [7, 11) is -5.08. The molecule has 1 fully saturated rings. The number of anilines is 1. The summed E-state index contributed by atoms with van der Waals surface area (Å²) < 4.78 is 21.6. The quantitative estimate of drug-likeness (QED) is 0.283. The highest BCUT2D eigenvalue weighted by atomic mass is 31.2. The zero-order chi connectivity index (χ0) is 18.5. The predicted molar refractivity (Wildman–Crippen MR) is 77.8 cm³/mol. The van der Waals surface area contributed by atoms with Crippen LogP contribution in [0.4, 0.5) is 5.95 Å². The van der Waals surface area contributed by atoms with Gasteiger partial charge in [-0.05, 0) is 0 Å². The minimum absolute atomic E-state index is 0.0950. The van der Waals surface area contributed by atoms with E-state index in [0.29, 0.717) is 0 Å². The molecule has 1 saturated heterocycles. The Balaban J connectivity index is 2.09. The van der Waals surface area contributed by atoms with Crippen molar-refractivity contribution in [3.05, 3.63) is 16.7 Å². The first-order valence-corrected chi connectivity index (χ1v) is 8.30. The van der Waals surface area contributed by atoms with E-state index in [1.54, 1.807) is 0 Å². The summed E-state index contributed by atoms with van der Waals surface area (Å²) >= 11 is 0. The van der Waals surface area contributed by atoms with Gasteiger partial charge in [0.2, 0.25) is 5.95 Å². The second-order valence-electron chi connectivity index (χ2n) is 5.19. The molecule has 4 atom stereocenters. The van der Waals surface area contributed by atoms with Gasteiger partial charge in [-0.2, -0.15) is 4.98 Å². The van der Waals surface area contributed by atoms with Crippen LogP contribution in [-0.4, -0.2) is 69.3 Å². The van der Waals surface area contributed by atoms with Gasteiger partial charge in [0.25, 0.3) is 0 Å². The molecule has 7 N–H and O–H groups in total. The molecular weight excluding hydrogens is 365 g/mol. The van der Waals surface area contributed by atoms with Gasteiger partial charge in [0, 0.05) is 0 Å². The molecule has 0 radical (unpaired) electrons. The lowest BCUT2D eigenvalue weighted by Crippen LogP contribution is -2.33. The number of aliphatic hydroxyl groups is 3. The highest BCUT2D eigenvalue weighted by Crippen LogP contribution is 2.33. The molecule has 15 heteroatoms. The Hall–Kier alpha value is -2.06. The lowest BCUT2D eigenvalue weighted by molar-refractivity contribution is -0.0511. The molecule has 0 unspecified atom stereocenters. The largest absolute Gasteiger partial charge is 0.544 e. The zero-order valence-corrected chi connectivity index (χ0v) is 13.2. The third kappa shape index (κ3) is 3.00. The van der Waals surface area contributed by atoms with E-state index in [1.165, 1.54) is 0 Å². The van der Waals surface area contributed by atoms with E-state index < -0.39 is 50.5 Å². The van der Waals surface area contributed by atoms with Gasteiger partial charge >= 0.3 is 13.4 Å². The molecule has 0 aliphatic carbocycles. The molecule has 14 nitrogen and oxygen atoms in total. The summed E-state index contributed by atoms with van der Waals surface area (Å²) in [6, 6.07) is 0. The van der Waals surface area contributed by atoms with Crippen molar-refractivity contribution in [1.29, 1.82) is 0 Å². The third-order valence-electron chi connectivity index (χ3n) is 3.56. The van der Waals surface area contributed by atoms with E-state index >= 15 is 0 Å². The number of phosphoric acid groups is 1. The van der Waals surface area contributed by atoms with E-state index in [1.807, 2.05) is 0 Å². The number of fused-ring (bicyclic) bond motifs is 1. The molecular formula is C10H14N5O9P. The molecule has 1 aliphatic heterocycles. The molecule has 3 heterocycles. The van der Waals surface area contributed by atoms with Crippen LogP contribution in [0.2, 0.25) is 0 Å². The van der Waals surface area contributed by atoms with Crippen LogP contribution in [0.3, 0.4) is 0 Å². The fourth-order valence-corrected chi connectivity index (χ4v) is 2.82. The molecule has 138 valence electrons. The number of nitrogens with zero attached hydrogens (tertiary/aromatic N) is 4. The lowest BCUT2D eigenvalue weighted by atomic mass is 10.1. The van der Waals surface area contributed by atoms with Gasteiger partial charge in [-0.15, -0.1) is 0 Å². The fourth-order valence-electron chi connectivity index (χ4n) is 2.45. The van der Waals surface area contributed by atoms with Crippen LogP contribution in [0.25, 0.3) is 11.2 Å². The van der Waals surface area contributed by atoms with E-state index in [0.717, 1.165) is 10.9 Å². The van der Waals surface area contributed by atoms with Crippen molar-refractivity contribution in [3.8, 4) is 0 Å². The smallest absolute Gasteiger partial charge is 0.394 e. The first kappa shape index (κ1) is 17.8. The van der Waals surface area contributed by atoms with Gasteiger partial charge < -0.3 is 30.4 Å². The normalized spacial score (nSPS) is 27.1. The summed E-state index contributed by atoms with van der Waals surface area (Å²) in [6.45, 7) is -0.556. The molecule has 0 saturated carbocycles. The molecule has 0 spiro atoms. The second kappa shape index (κ2) is 6.03. The average molecular weight is 379 g/mol. The molecule has 0 bridgehead atoms. The van der Waals surface area contributed by atoms with Crippen molar-refractivity contribution in [1.82, 2.24) is 19.3 Å². The lowest BCUT2D eigenvalue weighted by Gasteiger charge is -2.17. The first-order valence-electron chi connectivity index (χ1n) is 6.77. The van der Waals surface area contributed by atoms with Crippen LogP contribution in [0.1, 0.15) is 6.23 Å². The minimum Gasteiger partial charge on any atom is -0.394 e. The standard InChI is InChI=1S/C10H14N5O9P/c11-10-13-7-4(8(19)15(10)24-25(20,21)22)12-2-14(7)9-6(18)5(17)3(1-16)23-9/h2-3,5-6,9,16-18H,1H2,(H2,11,13)(H2,20,21,22)/t3-,5-,6-,9-/m1/s1. The van der Waals surface area contributed by atoms with Crippen molar-refractivity contribution in [3.63, 3.8) is 0 Å². The number of imidazole rings is 1. The van der Waals surface area contributed by atoms with Crippen molar-refractivity contribution >= 4 is 24.9 Å². The fraction of sp³-hybridized carbons (Fsp3) is 0.500. The number of aliphatic hydroxyl groups excluding tert-OH is 3. The molecule has 1 aliphatic rings. The molecule has 0 aromatic carbocycles. The Morgan fingerprint density at radius 2 is 2.04 bits per heavy atom. The summed E-state index contributed by atoms with van der Waals surface area (Å²) in [5, 5.41) is 28.9. The molecule has 2 aromatic heterocycles. The maximum absolute atomic E-state index is 12.2. The van der Waals surface area contributed by atoms with Gasteiger partial charge in [0.1, 0.15) is 18.3 Å². The third-order valence-corrected chi connectivity index (χ3v) is 3.94. The number of hydrogen-bond donors (Lipinski definition) is 6. The highest BCUT2D eigenvalue weighted by Gasteiger charge is 2.44. The maximum Gasteiger partial charge on any atom is 0.544 e. The summed E-state index contributed by atoms with van der Waals surface area (Å²) in [5.41, 5.74) is 3.83. The molecule has 25 heavy (non-hydrogen) atoms. The molecule has 3 rings (SSSR count). The number of ether oxygens (including phenoxy) is 1. The number of nitrogens with two attached hydrogens (primary N) is 1. The van der Waals surface area contributed by atoms with Crippen LogP contribution in [0.15, 0.2) is 11.1 Å². The molecule has 0 amide bonds. The van der Waals surface area contributed by atoms with Gasteiger partial charge in [-0.1, -0.05) is 4.73 Å². The Morgan fingerprint density at radius 1 is 1.36 bits per heavy atom. The van der Waals surface area contributed by atoms with Crippen LogP contribution >= 0.6 is 7.82 Å². The van der Waals surface area contributed by atoms with E-state index in [9.17, 15) is 19.6 Å². The monoisotopic (exact) mass is 379 g/mol. The van der Waals surface area contributed by atoms with Gasteiger partial charge in [-0.25, -0.2) is 9.55 Å². The Morgan fingerprint density at radius 3 is 2.60 bits per heavy atom. The predicted octanol–water partition coefficient (Wildman–Crippen LogP) is -3.69. The average Bonchev–Trinajstić information content (AvgIpc) is 3.05. The summed E-state index contributed by atoms with van der Waals surface area (Å²) in [4.78, 5) is 37.4. The number of aromatic nitrogens is 4. The topological polar surface area (TPSA) is 215 Å². The van der Waals surface area contributed by atoms with E-state index in [2.05, 4.69) is 14.6 Å². The summed E-state index contributed by atoms with van der Waals surface area (Å²) in [6.07, 6.45) is -4.06. The second-order valence-corrected chi connectivity index (χ2v) is 6.34. The maximum atomic E-state index is 12.2. The van der Waals surface area contributed by atoms with Crippen LogP contribution in [-0.2, 0) is 9.30 Å². The molecule has 2 aromatic rings. The summed E-state index contributed by atoms with van der Waals surface area (Å²) in [5.74, 6) is -0.686. The SMILES string of the molecule is Nc1nc2c(ncn2[C@@H]2O[C@H](CO)[C@@H](O)[C@H]2O)c(=O)n1OP(=O)(O)O. The zero-order valence-electron chi connectivity index (χ0n) is 12.3. The van der Waals surface area contributed by atoms with E-state index in [4.69, 9.17) is 25.4 Å². The van der Waals surface area contributed by atoms with Crippen LogP contribution in [0.5, 0.6) is 0 Å². The van der Waals surface area contributed by atoms with Crippen LogP contribution < -0.4 is 15.9 Å². The number of rotatable bonds is 4. The number of nitrogen functional groups attached to an aromatic ring is 1. The van der Waals surface area contributed by atoms with E-state index in [-0.39, 0.29) is 15.9 Å². The Kier molecular flexibility index (Phi) is 4.28. The number of hydrogen-bond acceptors (Lipinski definition) is 10. The van der Waals surface area contributed by atoms with Gasteiger partial charge in [0.15, 0.2) is 17.4 Å². The van der Waals surface area contributed by atoms with Crippen molar-refractivity contribution in [2.24, 2.45) is 0 Å².